The predicted octanol–water partition coefficient (Wildman–Crippen LogP) is 3.03. The summed E-state index contributed by atoms with van der Waals surface area (Å²) in [5, 5.41) is 5.97. The van der Waals surface area contributed by atoms with Crippen LogP contribution in [0.5, 0.6) is 0 Å². The molecule has 1 N–H and O–H groups in total. The van der Waals surface area contributed by atoms with Gasteiger partial charge >= 0.3 is 0 Å². The van der Waals surface area contributed by atoms with Gasteiger partial charge in [-0.2, -0.15) is 0 Å². The molecular formula is C11H8ClFN2O2. The Labute approximate surface area is 101 Å². The van der Waals surface area contributed by atoms with Crippen LogP contribution in [0.2, 0.25) is 5.02 Å². The van der Waals surface area contributed by atoms with Crippen molar-refractivity contribution in [1.29, 1.82) is 0 Å². The number of carbonyl (C=O) groups excluding carboxylic acids is 1. The van der Waals surface area contributed by atoms with Crippen LogP contribution in [0.4, 0.5) is 10.1 Å². The van der Waals surface area contributed by atoms with Crippen LogP contribution in [-0.4, -0.2) is 11.1 Å². The van der Waals surface area contributed by atoms with Gasteiger partial charge in [-0.05, 0) is 25.1 Å². The summed E-state index contributed by atoms with van der Waals surface area (Å²) in [5.74, 6) is -0.881. The van der Waals surface area contributed by atoms with Crippen molar-refractivity contribution in [3.63, 3.8) is 0 Å². The van der Waals surface area contributed by atoms with Crippen LogP contribution in [0.3, 0.4) is 0 Å². The minimum absolute atomic E-state index is 0.0582. The fraction of sp³-hybridized carbons (Fsp3) is 0.0909. The van der Waals surface area contributed by atoms with Crippen molar-refractivity contribution >= 4 is 23.2 Å². The van der Waals surface area contributed by atoms with Gasteiger partial charge in [0.25, 0.3) is 5.91 Å². The van der Waals surface area contributed by atoms with Gasteiger partial charge in [-0.3, -0.25) is 4.79 Å². The second-order valence-corrected chi connectivity index (χ2v) is 3.83. The zero-order chi connectivity index (χ0) is 12.4. The molecule has 0 saturated carbocycles. The molecule has 0 aliphatic rings. The van der Waals surface area contributed by atoms with Crippen molar-refractivity contribution in [1.82, 2.24) is 5.16 Å². The van der Waals surface area contributed by atoms with E-state index in [0.717, 1.165) is 0 Å². The average Bonchev–Trinajstić information content (AvgIpc) is 2.70. The summed E-state index contributed by atoms with van der Waals surface area (Å²) < 4.78 is 17.7. The Morgan fingerprint density at radius 3 is 2.88 bits per heavy atom. The molecule has 0 saturated heterocycles. The van der Waals surface area contributed by atoms with E-state index in [0.29, 0.717) is 11.3 Å². The first-order valence-corrected chi connectivity index (χ1v) is 5.13. The van der Waals surface area contributed by atoms with Crippen molar-refractivity contribution in [3.8, 4) is 0 Å². The first kappa shape index (κ1) is 11.6. The molecule has 2 rings (SSSR count). The van der Waals surface area contributed by atoms with E-state index in [-0.39, 0.29) is 10.8 Å². The van der Waals surface area contributed by atoms with E-state index < -0.39 is 11.7 Å². The topological polar surface area (TPSA) is 55.1 Å². The SMILES string of the molecule is Cc1cnoc1C(=O)Nc1ccc(F)c(Cl)c1. The van der Waals surface area contributed by atoms with Crippen LogP contribution in [0.1, 0.15) is 16.1 Å². The fourth-order valence-corrected chi connectivity index (χ4v) is 1.45. The van der Waals surface area contributed by atoms with E-state index in [1.54, 1.807) is 6.92 Å². The molecule has 1 aromatic carbocycles. The van der Waals surface area contributed by atoms with Crippen LogP contribution in [0.25, 0.3) is 0 Å². The maximum atomic E-state index is 12.9. The second-order valence-electron chi connectivity index (χ2n) is 3.42. The second kappa shape index (κ2) is 4.55. The van der Waals surface area contributed by atoms with Crippen molar-refractivity contribution < 1.29 is 13.7 Å². The Morgan fingerprint density at radius 1 is 1.53 bits per heavy atom. The molecule has 1 heterocycles. The van der Waals surface area contributed by atoms with E-state index in [2.05, 4.69) is 10.5 Å². The smallest absolute Gasteiger partial charge is 0.294 e. The quantitative estimate of drug-likeness (QED) is 0.896. The molecule has 4 nitrogen and oxygen atoms in total. The van der Waals surface area contributed by atoms with Gasteiger partial charge in [-0.1, -0.05) is 16.8 Å². The first-order valence-electron chi connectivity index (χ1n) is 4.75. The maximum absolute atomic E-state index is 12.9. The van der Waals surface area contributed by atoms with Gasteiger partial charge in [0, 0.05) is 11.3 Å². The number of aromatic nitrogens is 1. The normalized spacial score (nSPS) is 10.3. The van der Waals surface area contributed by atoms with Crippen LogP contribution in [0, 0.1) is 12.7 Å². The summed E-state index contributed by atoms with van der Waals surface area (Å²) in [5.41, 5.74) is 1.01. The van der Waals surface area contributed by atoms with Gasteiger partial charge in [0.05, 0.1) is 11.2 Å². The standard InChI is InChI=1S/C11H8ClFN2O2/c1-6-5-14-17-10(6)11(16)15-7-2-3-9(13)8(12)4-7/h2-5H,1H3,(H,15,16). The molecule has 0 bridgehead atoms. The number of aryl methyl sites for hydroxylation is 1. The van der Waals surface area contributed by atoms with Crippen molar-refractivity contribution in [2.45, 2.75) is 6.92 Å². The van der Waals surface area contributed by atoms with Crippen molar-refractivity contribution in [2.24, 2.45) is 0 Å². The predicted molar refractivity (Wildman–Crippen MR) is 60.6 cm³/mol. The van der Waals surface area contributed by atoms with E-state index in [1.807, 2.05) is 0 Å². The highest BCUT2D eigenvalue weighted by atomic mass is 35.5. The molecule has 0 fully saturated rings. The molecule has 0 radical (unpaired) electrons. The molecule has 88 valence electrons. The monoisotopic (exact) mass is 254 g/mol. The van der Waals surface area contributed by atoms with E-state index in [4.69, 9.17) is 16.1 Å². The van der Waals surface area contributed by atoms with Crippen LogP contribution in [-0.2, 0) is 0 Å². The summed E-state index contributed by atoms with van der Waals surface area (Å²) >= 11 is 5.59. The summed E-state index contributed by atoms with van der Waals surface area (Å²) in [7, 11) is 0. The molecule has 0 aliphatic heterocycles. The molecule has 2 aromatic rings. The molecule has 0 aliphatic carbocycles. The molecule has 1 aromatic heterocycles. The summed E-state index contributed by atoms with van der Waals surface area (Å²) in [4.78, 5) is 11.7. The zero-order valence-electron chi connectivity index (χ0n) is 8.83. The fourth-order valence-electron chi connectivity index (χ4n) is 1.27. The number of anilines is 1. The molecule has 1 amide bonds. The molecule has 0 spiro atoms. The third-order valence-electron chi connectivity index (χ3n) is 2.13. The van der Waals surface area contributed by atoms with Gasteiger partial charge in [-0.25, -0.2) is 4.39 Å². The summed E-state index contributed by atoms with van der Waals surface area (Å²) in [6.07, 6.45) is 1.44. The van der Waals surface area contributed by atoms with Crippen LogP contribution >= 0.6 is 11.6 Å². The third kappa shape index (κ3) is 2.45. The number of nitrogens with zero attached hydrogens (tertiary/aromatic N) is 1. The Morgan fingerprint density at radius 2 is 2.29 bits per heavy atom. The zero-order valence-corrected chi connectivity index (χ0v) is 9.58. The van der Waals surface area contributed by atoms with Crippen LogP contribution in [0.15, 0.2) is 28.9 Å². The molecule has 6 heteroatoms. The summed E-state index contributed by atoms with van der Waals surface area (Å²) in [6.45, 7) is 1.70. The molecule has 0 unspecified atom stereocenters. The number of nitrogens with one attached hydrogen (secondary N) is 1. The Balaban J connectivity index is 2.19. The average molecular weight is 255 g/mol. The lowest BCUT2D eigenvalue weighted by atomic mass is 10.2. The minimum atomic E-state index is -0.541. The number of carbonyl (C=O) groups is 1. The number of hydrogen-bond acceptors (Lipinski definition) is 3. The highest BCUT2D eigenvalue weighted by Crippen LogP contribution is 2.20. The van der Waals surface area contributed by atoms with Gasteiger partial charge < -0.3 is 9.84 Å². The van der Waals surface area contributed by atoms with Crippen molar-refractivity contribution in [2.75, 3.05) is 5.32 Å². The molecular weight excluding hydrogens is 247 g/mol. The lowest BCUT2D eigenvalue weighted by Crippen LogP contribution is -2.12. The number of halogens is 2. The number of hydrogen-bond donors (Lipinski definition) is 1. The lowest BCUT2D eigenvalue weighted by molar-refractivity contribution is 0.0987. The first-order chi connectivity index (χ1) is 8.08. The third-order valence-corrected chi connectivity index (χ3v) is 2.42. The van der Waals surface area contributed by atoms with Crippen molar-refractivity contribution in [3.05, 3.63) is 46.6 Å². The van der Waals surface area contributed by atoms with Gasteiger partial charge in [0.2, 0.25) is 5.76 Å². The number of rotatable bonds is 2. The van der Waals surface area contributed by atoms with E-state index in [9.17, 15) is 9.18 Å². The lowest BCUT2D eigenvalue weighted by Gasteiger charge is -2.04. The highest BCUT2D eigenvalue weighted by molar-refractivity contribution is 6.31. The van der Waals surface area contributed by atoms with Crippen LogP contribution < -0.4 is 5.32 Å². The van der Waals surface area contributed by atoms with Gasteiger partial charge in [-0.15, -0.1) is 0 Å². The number of benzene rings is 1. The van der Waals surface area contributed by atoms with E-state index >= 15 is 0 Å². The Kier molecular flexibility index (Phi) is 3.10. The number of amides is 1. The summed E-state index contributed by atoms with van der Waals surface area (Å²) in [6, 6.07) is 3.90. The van der Waals surface area contributed by atoms with E-state index in [1.165, 1.54) is 24.4 Å². The Bertz CT molecular complexity index is 568. The molecule has 17 heavy (non-hydrogen) atoms. The maximum Gasteiger partial charge on any atom is 0.294 e. The van der Waals surface area contributed by atoms with Gasteiger partial charge in [0.1, 0.15) is 5.82 Å². The minimum Gasteiger partial charge on any atom is -0.351 e. The van der Waals surface area contributed by atoms with Gasteiger partial charge in [0.15, 0.2) is 0 Å². The highest BCUT2D eigenvalue weighted by Gasteiger charge is 2.14. The largest absolute Gasteiger partial charge is 0.351 e. The Hall–Kier alpha value is -1.88. The molecule has 0 atom stereocenters.